The molecule has 16 heavy (non-hydrogen) atoms. The molecule has 3 heteroatoms. The van der Waals surface area contributed by atoms with E-state index in [1.807, 2.05) is 6.08 Å². The Bertz CT molecular complexity index is 209. The molecular weight excluding hydrogens is 198 g/mol. The van der Waals surface area contributed by atoms with Gasteiger partial charge < -0.3 is 10.6 Å². The van der Waals surface area contributed by atoms with Crippen molar-refractivity contribution in [2.24, 2.45) is 10.9 Å². The Morgan fingerprint density at radius 3 is 2.50 bits per heavy atom. The van der Waals surface area contributed by atoms with Gasteiger partial charge >= 0.3 is 0 Å². The van der Waals surface area contributed by atoms with E-state index in [4.69, 9.17) is 0 Å². The summed E-state index contributed by atoms with van der Waals surface area (Å²) in [7, 11) is 1.79. The Balaban J connectivity index is 3.74. The van der Waals surface area contributed by atoms with E-state index >= 15 is 0 Å². The van der Waals surface area contributed by atoms with Crippen molar-refractivity contribution in [3.63, 3.8) is 0 Å². The van der Waals surface area contributed by atoms with Crippen LogP contribution in [0.2, 0.25) is 0 Å². The first-order valence-corrected chi connectivity index (χ1v) is 6.18. The van der Waals surface area contributed by atoms with E-state index in [1.165, 1.54) is 19.3 Å². The second-order valence-corrected chi connectivity index (χ2v) is 4.61. The van der Waals surface area contributed by atoms with Crippen LogP contribution in [0, 0.1) is 5.92 Å². The molecule has 0 saturated heterocycles. The average Bonchev–Trinajstić information content (AvgIpc) is 2.23. The third kappa shape index (κ3) is 8.33. The van der Waals surface area contributed by atoms with Crippen LogP contribution in [0.4, 0.5) is 0 Å². The van der Waals surface area contributed by atoms with Gasteiger partial charge in [0, 0.05) is 19.6 Å². The Morgan fingerprint density at radius 1 is 1.31 bits per heavy atom. The van der Waals surface area contributed by atoms with Gasteiger partial charge in [0.05, 0.1) is 0 Å². The van der Waals surface area contributed by atoms with E-state index in [0.717, 1.165) is 18.4 Å². The van der Waals surface area contributed by atoms with Gasteiger partial charge in [0.1, 0.15) is 0 Å². The minimum absolute atomic E-state index is 0.467. The Hall–Kier alpha value is -0.990. The molecule has 0 aliphatic heterocycles. The monoisotopic (exact) mass is 225 g/mol. The van der Waals surface area contributed by atoms with Crippen LogP contribution >= 0.6 is 0 Å². The summed E-state index contributed by atoms with van der Waals surface area (Å²) in [5, 5.41) is 6.54. The molecule has 0 aromatic heterocycles. The molecule has 0 aliphatic rings. The fourth-order valence-electron chi connectivity index (χ4n) is 1.50. The summed E-state index contributed by atoms with van der Waals surface area (Å²) in [6.45, 7) is 11.1. The van der Waals surface area contributed by atoms with Crippen LogP contribution in [-0.4, -0.2) is 25.6 Å². The summed E-state index contributed by atoms with van der Waals surface area (Å²) in [6, 6.07) is 0.467. The van der Waals surface area contributed by atoms with Crippen molar-refractivity contribution >= 4 is 5.96 Å². The molecule has 1 unspecified atom stereocenters. The molecule has 0 fully saturated rings. The van der Waals surface area contributed by atoms with Crippen molar-refractivity contribution in [2.45, 2.75) is 46.1 Å². The highest BCUT2D eigenvalue weighted by Gasteiger charge is 2.04. The molecule has 3 nitrogen and oxygen atoms in total. The molecule has 2 N–H and O–H groups in total. The average molecular weight is 225 g/mol. The standard InChI is InChI=1S/C13H27N3/c1-6-10-15-13(14-5)16-12(4)9-7-8-11(2)3/h6,11-12H,1,7-10H2,2-5H3,(H2,14,15,16). The zero-order valence-corrected chi connectivity index (χ0v) is 11.2. The number of aliphatic imine (C=N–C) groups is 1. The first-order valence-electron chi connectivity index (χ1n) is 6.18. The highest BCUT2D eigenvalue weighted by molar-refractivity contribution is 5.80. The third-order valence-electron chi connectivity index (χ3n) is 2.44. The van der Waals surface area contributed by atoms with Gasteiger partial charge in [0.2, 0.25) is 0 Å². The SMILES string of the molecule is C=CCNC(=NC)NC(C)CCCC(C)C. The molecular formula is C13H27N3. The van der Waals surface area contributed by atoms with Gasteiger partial charge in [-0.25, -0.2) is 0 Å². The topological polar surface area (TPSA) is 36.4 Å². The highest BCUT2D eigenvalue weighted by Crippen LogP contribution is 2.07. The minimum Gasteiger partial charge on any atom is -0.354 e. The normalized spacial score (nSPS) is 13.7. The van der Waals surface area contributed by atoms with Gasteiger partial charge in [-0.05, 0) is 19.3 Å². The zero-order valence-electron chi connectivity index (χ0n) is 11.2. The summed E-state index contributed by atoms with van der Waals surface area (Å²) in [6.07, 6.45) is 5.58. The van der Waals surface area contributed by atoms with Crippen molar-refractivity contribution in [3.8, 4) is 0 Å². The summed E-state index contributed by atoms with van der Waals surface area (Å²) >= 11 is 0. The largest absolute Gasteiger partial charge is 0.354 e. The third-order valence-corrected chi connectivity index (χ3v) is 2.44. The maximum atomic E-state index is 4.16. The summed E-state index contributed by atoms with van der Waals surface area (Å²) in [5.74, 6) is 1.65. The molecule has 0 saturated carbocycles. The number of hydrogen-bond donors (Lipinski definition) is 2. The number of hydrogen-bond acceptors (Lipinski definition) is 1. The van der Waals surface area contributed by atoms with E-state index in [1.54, 1.807) is 7.05 Å². The van der Waals surface area contributed by atoms with Crippen molar-refractivity contribution in [3.05, 3.63) is 12.7 Å². The minimum atomic E-state index is 0.467. The van der Waals surface area contributed by atoms with E-state index in [2.05, 4.69) is 43.0 Å². The lowest BCUT2D eigenvalue weighted by Crippen LogP contribution is -2.42. The van der Waals surface area contributed by atoms with Crippen molar-refractivity contribution in [2.75, 3.05) is 13.6 Å². The van der Waals surface area contributed by atoms with Crippen LogP contribution in [-0.2, 0) is 0 Å². The smallest absolute Gasteiger partial charge is 0.191 e. The van der Waals surface area contributed by atoms with Gasteiger partial charge in [-0.3, -0.25) is 4.99 Å². The van der Waals surface area contributed by atoms with Crippen LogP contribution in [0.1, 0.15) is 40.0 Å². The molecule has 94 valence electrons. The molecule has 0 amide bonds. The van der Waals surface area contributed by atoms with E-state index in [-0.39, 0.29) is 0 Å². The second kappa shape index (κ2) is 9.25. The number of nitrogens with one attached hydrogen (secondary N) is 2. The molecule has 0 aromatic rings. The Morgan fingerprint density at radius 2 is 2.00 bits per heavy atom. The predicted octanol–water partition coefficient (Wildman–Crippen LogP) is 2.55. The van der Waals surface area contributed by atoms with Crippen LogP contribution in [0.3, 0.4) is 0 Å². The Kier molecular flexibility index (Phi) is 8.68. The molecule has 0 bridgehead atoms. The molecule has 0 aliphatic carbocycles. The van der Waals surface area contributed by atoms with Crippen LogP contribution < -0.4 is 10.6 Å². The molecule has 0 heterocycles. The predicted molar refractivity (Wildman–Crippen MR) is 72.8 cm³/mol. The van der Waals surface area contributed by atoms with Gasteiger partial charge in [0.15, 0.2) is 5.96 Å². The molecule has 0 radical (unpaired) electrons. The van der Waals surface area contributed by atoms with Crippen molar-refractivity contribution < 1.29 is 0 Å². The van der Waals surface area contributed by atoms with E-state index in [0.29, 0.717) is 6.04 Å². The van der Waals surface area contributed by atoms with E-state index in [9.17, 15) is 0 Å². The number of guanidine groups is 1. The molecule has 0 spiro atoms. The van der Waals surface area contributed by atoms with Gasteiger partial charge in [-0.1, -0.05) is 32.8 Å². The Labute approximate surface area is 100 Å². The first kappa shape index (κ1) is 15.0. The highest BCUT2D eigenvalue weighted by atomic mass is 15.2. The second-order valence-electron chi connectivity index (χ2n) is 4.61. The van der Waals surface area contributed by atoms with Gasteiger partial charge in [-0.2, -0.15) is 0 Å². The quantitative estimate of drug-likeness (QED) is 0.397. The summed E-state index contributed by atoms with van der Waals surface area (Å²) < 4.78 is 0. The molecule has 1 atom stereocenters. The molecule has 0 rings (SSSR count). The zero-order chi connectivity index (χ0) is 12.4. The van der Waals surface area contributed by atoms with Crippen LogP contribution in [0.5, 0.6) is 0 Å². The molecule has 0 aromatic carbocycles. The summed E-state index contributed by atoms with van der Waals surface area (Å²) in [5.41, 5.74) is 0. The lowest BCUT2D eigenvalue weighted by Gasteiger charge is -2.17. The fraction of sp³-hybridized carbons (Fsp3) is 0.769. The van der Waals surface area contributed by atoms with Gasteiger partial charge in [0.25, 0.3) is 0 Å². The van der Waals surface area contributed by atoms with Crippen LogP contribution in [0.15, 0.2) is 17.6 Å². The summed E-state index contributed by atoms with van der Waals surface area (Å²) in [4.78, 5) is 4.16. The number of rotatable bonds is 7. The maximum absolute atomic E-state index is 4.16. The maximum Gasteiger partial charge on any atom is 0.191 e. The van der Waals surface area contributed by atoms with Crippen molar-refractivity contribution in [1.82, 2.24) is 10.6 Å². The lowest BCUT2D eigenvalue weighted by atomic mass is 10.0. The van der Waals surface area contributed by atoms with Crippen molar-refractivity contribution in [1.29, 1.82) is 0 Å². The van der Waals surface area contributed by atoms with E-state index < -0.39 is 0 Å². The lowest BCUT2D eigenvalue weighted by molar-refractivity contribution is 0.492. The first-order chi connectivity index (χ1) is 7.60. The fourth-order valence-corrected chi connectivity index (χ4v) is 1.50. The van der Waals surface area contributed by atoms with Gasteiger partial charge in [-0.15, -0.1) is 6.58 Å². The number of nitrogens with zero attached hydrogens (tertiary/aromatic N) is 1. The van der Waals surface area contributed by atoms with Crippen LogP contribution in [0.25, 0.3) is 0 Å².